The number of rotatable bonds is 4. The smallest absolute Gasteiger partial charge is 0.313 e. The fraction of sp³-hybridized carbons (Fsp3) is 0.385. The average Bonchev–Trinajstić information content (AvgIpc) is 2.85. The summed E-state index contributed by atoms with van der Waals surface area (Å²) in [4.78, 5) is 4.19. The highest BCUT2D eigenvalue weighted by atomic mass is 19.4. The Labute approximate surface area is 114 Å². The number of nitrogens with one attached hydrogen (secondary N) is 1. The first-order chi connectivity index (χ1) is 9.41. The van der Waals surface area contributed by atoms with E-state index in [9.17, 15) is 13.2 Å². The van der Waals surface area contributed by atoms with Gasteiger partial charge in [-0.3, -0.25) is 0 Å². The molecule has 0 spiro atoms. The van der Waals surface area contributed by atoms with Crippen molar-refractivity contribution in [3.8, 4) is 5.82 Å². The molecule has 0 bridgehead atoms. The van der Waals surface area contributed by atoms with Gasteiger partial charge in [-0.1, -0.05) is 6.92 Å². The Bertz CT molecular complexity index is 590. The molecule has 2 aromatic rings. The molecule has 0 saturated heterocycles. The summed E-state index contributed by atoms with van der Waals surface area (Å²) in [5.41, 5.74) is 0.976. The third kappa shape index (κ3) is 3.16. The van der Waals surface area contributed by atoms with Gasteiger partial charge in [0, 0.05) is 18.9 Å². The van der Waals surface area contributed by atoms with Gasteiger partial charge in [0.05, 0.1) is 11.8 Å². The van der Waals surface area contributed by atoms with Gasteiger partial charge < -0.3 is 5.32 Å². The number of nitrogens with zero attached hydrogens (tertiary/aromatic N) is 3. The molecule has 4 nitrogen and oxygen atoms in total. The predicted molar refractivity (Wildman–Crippen MR) is 68.5 cm³/mol. The predicted octanol–water partition coefficient (Wildman–Crippen LogP) is 2.70. The van der Waals surface area contributed by atoms with E-state index in [1.54, 1.807) is 13.1 Å². The Morgan fingerprint density at radius 2 is 2.05 bits per heavy atom. The van der Waals surface area contributed by atoms with E-state index in [-0.39, 0.29) is 0 Å². The second-order valence-corrected chi connectivity index (χ2v) is 4.44. The van der Waals surface area contributed by atoms with Gasteiger partial charge in [-0.2, -0.15) is 18.3 Å². The van der Waals surface area contributed by atoms with Gasteiger partial charge in [0.15, 0.2) is 5.82 Å². The van der Waals surface area contributed by atoms with Gasteiger partial charge in [0.25, 0.3) is 0 Å². The monoisotopic (exact) mass is 284 g/mol. The van der Waals surface area contributed by atoms with Gasteiger partial charge >= 0.3 is 6.18 Å². The first-order valence-electron chi connectivity index (χ1n) is 6.20. The van der Waals surface area contributed by atoms with Crippen LogP contribution in [0.4, 0.5) is 13.2 Å². The quantitative estimate of drug-likeness (QED) is 0.938. The summed E-state index contributed by atoms with van der Waals surface area (Å²) in [5.74, 6) is 0.403. The lowest BCUT2D eigenvalue weighted by Crippen LogP contribution is -2.12. The van der Waals surface area contributed by atoms with Crippen LogP contribution in [0.1, 0.15) is 23.6 Å². The molecule has 0 aromatic carbocycles. The standard InChI is InChI=1S/C13H15F3N4/c1-3-17-5-10-4-9(2)12(18-6-10)20-8-11(7-19-20)13(14,15)16/h4,6-8,17H,3,5H2,1-2H3. The van der Waals surface area contributed by atoms with Crippen LogP contribution in [0.5, 0.6) is 0 Å². The van der Waals surface area contributed by atoms with Crippen molar-refractivity contribution in [3.05, 3.63) is 41.3 Å². The third-order valence-electron chi connectivity index (χ3n) is 2.81. The molecule has 0 aliphatic heterocycles. The van der Waals surface area contributed by atoms with Gasteiger partial charge in [-0.05, 0) is 30.7 Å². The molecule has 0 unspecified atom stereocenters. The summed E-state index contributed by atoms with van der Waals surface area (Å²) in [6.07, 6.45) is -1.01. The molecule has 2 rings (SSSR count). The number of hydrogen-bond donors (Lipinski definition) is 1. The molecule has 0 saturated carbocycles. The minimum atomic E-state index is -4.39. The van der Waals surface area contributed by atoms with E-state index in [1.165, 1.54) is 0 Å². The molecule has 0 radical (unpaired) electrons. The Hall–Kier alpha value is -1.89. The fourth-order valence-corrected chi connectivity index (χ4v) is 1.82. The molecule has 1 N–H and O–H groups in total. The zero-order chi connectivity index (χ0) is 14.8. The molecule has 2 aromatic heterocycles. The van der Waals surface area contributed by atoms with Gasteiger partial charge in [-0.15, -0.1) is 0 Å². The minimum Gasteiger partial charge on any atom is -0.313 e. The van der Waals surface area contributed by atoms with E-state index in [0.29, 0.717) is 12.4 Å². The molecule has 7 heteroatoms. The van der Waals surface area contributed by atoms with Crippen LogP contribution in [0.3, 0.4) is 0 Å². The SMILES string of the molecule is CCNCc1cnc(-n2cc(C(F)(F)F)cn2)c(C)c1. The maximum Gasteiger partial charge on any atom is 0.419 e. The van der Waals surface area contributed by atoms with Crippen LogP contribution < -0.4 is 5.32 Å². The molecule has 0 aliphatic carbocycles. The lowest BCUT2D eigenvalue weighted by Gasteiger charge is -2.08. The van der Waals surface area contributed by atoms with Crippen molar-refractivity contribution in [1.82, 2.24) is 20.1 Å². The molecule has 2 heterocycles. The Morgan fingerprint density at radius 1 is 1.30 bits per heavy atom. The van der Waals surface area contributed by atoms with Crippen molar-refractivity contribution >= 4 is 0 Å². The molecule has 0 aliphatic rings. The van der Waals surface area contributed by atoms with Crippen LogP contribution in [0.2, 0.25) is 0 Å². The van der Waals surface area contributed by atoms with Crippen molar-refractivity contribution in [1.29, 1.82) is 0 Å². The number of pyridine rings is 1. The molecule has 20 heavy (non-hydrogen) atoms. The summed E-state index contributed by atoms with van der Waals surface area (Å²) < 4.78 is 38.8. The molecule has 0 amide bonds. The molecule has 0 fully saturated rings. The van der Waals surface area contributed by atoms with Crippen LogP contribution in [0, 0.1) is 6.92 Å². The number of aryl methyl sites for hydroxylation is 1. The highest BCUT2D eigenvalue weighted by molar-refractivity contribution is 5.35. The number of halogens is 3. The topological polar surface area (TPSA) is 42.7 Å². The van der Waals surface area contributed by atoms with Gasteiger partial charge in [-0.25, -0.2) is 9.67 Å². The summed E-state index contributed by atoms with van der Waals surface area (Å²) in [6, 6.07) is 1.89. The molecular formula is C13H15F3N4. The average molecular weight is 284 g/mol. The minimum absolute atomic E-state index is 0.403. The fourth-order valence-electron chi connectivity index (χ4n) is 1.82. The first-order valence-corrected chi connectivity index (χ1v) is 6.20. The Morgan fingerprint density at radius 3 is 2.60 bits per heavy atom. The lowest BCUT2D eigenvalue weighted by atomic mass is 10.2. The third-order valence-corrected chi connectivity index (χ3v) is 2.81. The maximum atomic E-state index is 12.5. The second kappa shape index (κ2) is 5.62. The zero-order valence-electron chi connectivity index (χ0n) is 11.2. The van der Waals surface area contributed by atoms with Crippen molar-refractivity contribution in [3.63, 3.8) is 0 Å². The normalized spacial score (nSPS) is 11.8. The van der Waals surface area contributed by atoms with Crippen molar-refractivity contribution < 1.29 is 13.2 Å². The summed E-state index contributed by atoms with van der Waals surface area (Å²) >= 11 is 0. The summed E-state index contributed by atoms with van der Waals surface area (Å²) in [7, 11) is 0. The van der Waals surface area contributed by atoms with E-state index in [0.717, 1.165) is 34.7 Å². The van der Waals surface area contributed by atoms with Crippen LogP contribution in [0.25, 0.3) is 5.82 Å². The van der Waals surface area contributed by atoms with Crippen LogP contribution >= 0.6 is 0 Å². The summed E-state index contributed by atoms with van der Waals surface area (Å²) in [5, 5.41) is 6.89. The maximum absolute atomic E-state index is 12.5. The van der Waals surface area contributed by atoms with Gasteiger partial charge in [0.2, 0.25) is 0 Å². The summed E-state index contributed by atoms with van der Waals surface area (Å²) in [6.45, 7) is 5.32. The van der Waals surface area contributed by atoms with E-state index in [2.05, 4.69) is 15.4 Å². The molecular weight excluding hydrogens is 269 g/mol. The van der Waals surface area contributed by atoms with Crippen LogP contribution in [0.15, 0.2) is 24.7 Å². The zero-order valence-corrected chi connectivity index (χ0v) is 11.2. The Kier molecular flexibility index (Phi) is 4.08. The molecule has 0 atom stereocenters. The highest BCUT2D eigenvalue weighted by Gasteiger charge is 2.32. The van der Waals surface area contributed by atoms with Crippen LogP contribution in [-0.4, -0.2) is 21.3 Å². The van der Waals surface area contributed by atoms with Crippen molar-refractivity contribution in [2.45, 2.75) is 26.6 Å². The van der Waals surface area contributed by atoms with E-state index in [4.69, 9.17) is 0 Å². The van der Waals surface area contributed by atoms with Gasteiger partial charge in [0.1, 0.15) is 0 Å². The molecule has 108 valence electrons. The van der Waals surface area contributed by atoms with Crippen molar-refractivity contribution in [2.75, 3.05) is 6.54 Å². The van der Waals surface area contributed by atoms with E-state index >= 15 is 0 Å². The largest absolute Gasteiger partial charge is 0.419 e. The lowest BCUT2D eigenvalue weighted by molar-refractivity contribution is -0.137. The van der Waals surface area contributed by atoms with E-state index in [1.807, 2.05) is 13.0 Å². The second-order valence-electron chi connectivity index (χ2n) is 4.44. The Balaban J connectivity index is 2.27. The number of alkyl halides is 3. The van der Waals surface area contributed by atoms with E-state index < -0.39 is 11.7 Å². The number of hydrogen-bond acceptors (Lipinski definition) is 3. The van der Waals surface area contributed by atoms with Crippen molar-refractivity contribution in [2.24, 2.45) is 0 Å². The highest BCUT2D eigenvalue weighted by Crippen LogP contribution is 2.29. The number of aromatic nitrogens is 3. The van der Waals surface area contributed by atoms with Crippen LogP contribution in [-0.2, 0) is 12.7 Å². The first kappa shape index (κ1) is 14.5.